The van der Waals surface area contributed by atoms with E-state index in [0.717, 1.165) is 37.3 Å². The third-order valence-corrected chi connectivity index (χ3v) is 7.59. The maximum atomic E-state index is 15.2. The molecule has 0 bridgehead atoms. The molecule has 0 heterocycles. The maximum absolute atomic E-state index is 15.2. The highest BCUT2D eigenvalue weighted by atomic mass is 19.2. The molecular weight excluding hydrogens is 619 g/mol. The average Bonchev–Trinajstić information content (AvgIpc) is 3.04. The summed E-state index contributed by atoms with van der Waals surface area (Å²) >= 11 is 0. The first-order chi connectivity index (χ1) is 22.0. The highest BCUT2D eigenvalue weighted by Crippen LogP contribution is 2.34. The normalized spacial score (nSPS) is 11.3. The van der Waals surface area contributed by atoms with Gasteiger partial charge in [-0.1, -0.05) is 68.3 Å². The van der Waals surface area contributed by atoms with Crippen LogP contribution in [0.4, 0.5) is 39.5 Å². The third kappa shape index (κ3) is 6.61. The summed E-state index contributed by atoms with van der Waals surface area (Å²) in [5.74, 6) is -17.5. The van der Waals surface area contributed by atoms with Gasteiger partial charge in [0.05, 0.1) is 5.56 Å². The van der Waals surface area contributed by atoms with E-state index in [2.05, 4.69) is 11.7 Å². The first-order valence-electron chi connectivity index (χ1n) is 14.3. The van der Waals surface area contributed by atoms with Crippen LogP contribution in [-0.4, -0.2) is 0 Å². The fourth-order valence-corrected chi connectivity index (χ4v) is 5.04. The lowest BCUT2D eigenvalue weighted by Gasteiger charge is -2.13. The Kier molecular flexibility index (Phi) is 9.74. The molecule has 0 aliphatic heterocycles. The van der Waals surface area contributed by atoms with Crippen molar-refractivity contribution in [3.8, 4) is 39.1 Å². The minimum absolute atomic E-state index is 0.100. The molecule has 0 atom stereocenters. The number of ether oxygens (including phenoxy) is 1. The second-order valence-electron chi connectivity index (χ2n) is 10.6. The molecule has 5 aromatic rings. The first-order valence-corrected chi connectivity index (χ1v) is 14.3. The third-order valence-electron chi connectivity index (χ3n) is 7.59. The van der Waals surface area contributed by atoms with E-state index in [1.165, 1.54) is 29.8 Å². The van der Waals surface area contributed by atoms with Gasteiger partial charge in [-0.05, 0) is 64.9 Å². The summed E-state index contributed by atoms with van der Waals surface area (Å²) in [6, 6.07) is 17.4. The van der Waals surface area contributed by atoms with Crippen molar-refractivity contribution in [2.24, 2.45) is 0 Å². The van der Waals surface area contributed by atoms with Crippen molar-refractivity contribution in [2.45, 2.75) is 39.2 Å². The Morgan fingerprint density at radius 1 is 0.478 bits per heavy atom. The van der Waals surface area contributed by atoms with Crippen molar-refractivity contribution in [1.29, 1.82) is 0 Å². The molecular formula is C36H25F9O. The standard InChI is InChI=1S/C36H25F9O/c1-2-3-4-5-19-6-8-20(9-7-19)21-10-12-24(27(37)14-21)22-11-13-25(28(38)15-22)23-16-29(39)26(30(40)17-23)18-46-36-34(44)32(42)31(41)33(43)35(36)45/h6-17H,2-5,18H2,1H3. The molecule has 1 nitrogen and oxygen atoms in total. The lowest BCUT2D eigenvalue weighted by atomic mass is 9.96. The Morgan fingerprint density at radius 2 is 0.957 bits per heavy atom. The van der Waals surface area contributed by atoms with Crippen molar-refractivity contribution in [3.63, 3.8) is 0 Å². The van der Waals surface area contributed by atoms with Gasteiger partial charge in [0.25, 0.3) is 0 Å². The molecule has 0 aliphatic carbocycles. The molecule has 0 aromatic heterocycles. The fourth-order valence-electron chi connectivity index (χ4n) is 5.04. The first kappa shape index (κ1) is 32.7. The molecule has 5 aromatic carbocycles. The van der Waals surface area contributed by atoms with Crippen molar-refractivity contribution in [3.05, 3.63) is 136 Å². The van der Waals surface area contributed by atoms with Gasteiger partial charge < -0.3 is 4.74 Å². The van der Waals surface area contributed by atoms with Gasteiger partial charge in [-0.25, -0.2) is 30.7 Å². The van der Waals surface area contributed by atoms with Crippen LogP contribution < -0.4 is 4.74 Å². The maximum Gasteiger partial charge on any atom is 0.207 e. The van der Waals surface area contributed by atoms with Crippen LogP contribution in [0.5, 0.6) is 5.75 Å². The van der Waals surface area contributed by atoms with Crippen LogP contribution >= 0.6 is 0 Å². The van der Waals surface area contributed by atoms with Gasteiger partial charge in [-0.2, -0.15) is 8.78 Å². The predicted molar refractivity (Wildman–Crippen MR) is 156 cm³/mol. The van der Waals surface area contributed by atoms with E-state index >= 15 is 8.78 Å². The summed E-state index contributed by atoms with van der Waals surface area (Å²) < 4.78 is 132. The minimum Gasteiger partial charge on any atom is -0.482 e. The summed E-state index contributed by atoms with van der Waals surface area (Å²) in [6.45, 7) is 0.896. The van der Waals surface area contributed by atoms with Gasteiger partial charge in [0, 0.05) is 11.1 Å². The van der Waals surface area contributed by atoms with Gasteiger partial charge in [0.2, 0.25) is 29.1 Å². The SMILES string of the molecule is CCCCCc1ccc(-c2ccc(-c3ccc(-c4cc(F)c(COc5c(F)c(F)c(F)c(F)c5F)c(F)c4)c(F)c3)c(F)c2)cc1. The number of aryl methyl sites for hydroxylation is 1. The average molecular weight is 645 g/mol. The molecule has 0 saturated carbocycles. The molecule has 0 amide bonds. The zero-order valence-corrected chi connectivity index (χ0v) is 24.3. The van der Waals surface area contributed by atoms with Crippen molar-refractivity contribution >= 4 is 0 Å². The molecule has 0 radical (unpaired) electrons. The van der Waals surface area contributed by atoms with Gasteiger partial charge in [-0.15, -0.1) is 0 Å². The van der Waals surface area contributed by atoms with E-state index in [1.807, 2.05) is 24.3 Å². The second kappa shape index (κ2) is 13.7. The summed E-state index contributed by atoms with van der Waals surface area (Å²) in [7, 11) is 0. The molecule has 0 N–H and O–H groups in total. The topological polar surface area (TPSA) is 9.23 Å². The van der Waals surface area contributed by atoms with Crippen LogP contribution in [0.1, 0.15) is 37.3 Å². The van der Waals surface area contributed by atoms with E-state index in [4.69, 9.17) is 0 Å². The van der Waals surface area contributed by atoms with E-state index < -0.39 is 70.3 Å². The van der Waals surface area contributed by atoms with Crippen LogP contribution in [0.2, 0.25) is 0 Å². The highest BCUT2D eigenvalue weighted by molar-refractivity contribution is 5.74. The van der Waals surface area contributed by atoms with E-state index in [1.54, 1.807) is 6.07 Å². The lowest BCUT2D eigenvalue weighted by Crippen LogP contribution is -2.09. The predicted octanol–water partition coefficient (Wildman–Crippen LogP) is 11.3. The zero-order valence-electron chi connectivity index (χ0n) is 24.3. The highest BCUT2D eigenvalue weighted by Gasteiger charge is 2.28. The number of benzene rings is 5. The van der Waals surface area contributed by atoms with Gasteiger partial charge in [0.15, 0.2) is 5.75 Å². The summed E-state index contributed by atoms with van der Waals surface area (Å²) in [6.07, 6.45) is 4.33. The van der Waals surface area contributed by atoms with Gasteiger partial charge >= 0.3 is 0 Å². The molecule has 5 rings (SSSR count). The van der Waals surface area contributed by atoms with Gasteiger partial charge in [0.1, 0.15) is 29.9 Å². The fraction of sp³-hybridized carbons (Fsp3) is 0.167. The second-order valence-corrected chi connectivity index (χ2v) is 10.6. The summed E-state index contributed by atoms with van der Waals surface area (Å²) in [5.41, 5.74) is 1.49. The summed E-state index contributed by atoms with van der Waals surface area (Å²) in [4.78, 5) is 0. The van der Waals surface area contributed by atoms with Crippen LogP contribution in [-0.2, 0) is 13.0 Å². The Bertz CT molecular complexity index is 1850. The molecule has 0 aliphatic rings. The molecule has 0 fully saturated rings. The van der Waals surface area contributed by atoms with Crippen LogP contribution in [0.15, 0.2) is 72.8 Å². The molecule has 238 valence electrons. The van der Waals surface area contributed by atoms with Crippen LogP contribution in [0.3, 0.4) is 0 Å². The number of hydrogen-bond donors (Lipinski definition) is 0. The Morgan fingerprint density at radius 3 is 1.52 bits per heavy atom. The van der Waals surface area contributed by atoms with E-state index in [0.29, 0.717) is 17.7 Å². The monoisotopic (exact) mass is 644 g/mol. The minimum atomic E-state index is -2.42. The van der Waals surface area contributed by atoms with Crippen molar-refractivity contribution in [1.82, 2.24) is 0 Å². The molecule has 0 saturated heterocycles. The quantitative estimate of drug-likeness (QED) is 0.0636. The smallest absolute Gasteiger partial charge is 0.207 e. The van der Waals surface area contributed by atoms with E-state index in [9.17, 15) is 30.7 Å². The lowest BCUT2D eigenvalue weighted by molar-refractivity contribution is 0.246. The van der Waals surface area contributed by atoms with Crippen molar-refractivity contribution in [2.75, 3.05) is 0 Å². The van der Waals surface area contributed by atoms with E-state index in [-0.39, 0.29) is 22.3 Å². The Hall–Kier alpha value is -4.73. The Balaban J connectivity index is 1.34. The number of hydrogen-bond acceptors (Lipinski definition) is 1. The molecule has 0 unspecified atom stereocenters. The molecule has 0 spiro atoms. The zero-order chi connectivity index (χ0) is 33.1. The molecule has 10 heteroatoms. The number of rotatable bonds is 10. The molecule has 46 heavy (non-hydrogen) atoms. The van der Waals surface area contributed by atoms with Gasteiger partial charge in [-0.3, -0.25) is 0 Å². The summed E-state index contributed by atoms with van der Waals surface area (Å²) in [5, 5.41) is 0. The number of halogens is 9. The van der Waals surface area contributed by atoms with Crippen LogP contribution in [0, 0.1) is 52.4 Å². The number of unbranched alkanes of at least 4 members (excludes halogenated alkanes) is 2. The van der Waals surface area contributed by atoms with Crippen molar-refractivity contribution < 1.29 is 44.3 Å². The largest absolute Gasteiger partial charge is 0.482 e. The Labute approximate surface area is 258 Å². The van der Waals surface area contributed by atoms with Crippen LogP contribution in [0.25, 0.3) is 33.4 Å².